The predicted octanol–water partition coefficient (Wildman–Crippen LogP) is 3.73. The summed E-state index contributed by atoms with van der Waals surface area (Å²) in [5.74, 6) is 0. The lowest BCUT2D eigenvalue weighted by atomic mass is 10.1. The van der Waals surface area contributed by atoms with E-state index < -0.39 is 0 Å². The molecule has 0 bridgehead atoms. The molecule has 0 aromatic carbocycles. The maximum absolute atomic E-state index is 4.07. The van der Waals surface area contributed by atoms with Crippen molar-refractivity contribution >= 4 is 6.21 Å². The largest absolute Gasteiger partial charge is 0.269 e. The zero-order valence-corrected chi connectivity index (χ0v) is 8.21. The molecule has 12 heavy (non-hydrogen) atoms. The van der Waals surface area contributed by atoms with E-state index in [1.165, 1.54) is 18.4 Å². The summed E-state index contributed by atoms with van der Waals surface area (Å²) in [5.41, 5.74) is 1.28. The fourth-order valence-corrected chi connectivity index (χ4v) is 0.858. The highest BCUT2D eigenvalue weighted by atomic mass is 14.7. The Balaban J connectivity index is 3.43. The van der Waals surface area contributed by atoms with Crippen LogP contribution in [0.15, 0.2) is 29.4 Å². The van der Waals surface area contributed by atoms with Crippen molar-refractivity contribution in [3.05, 3.63) is 24.4 Å². The average molecular weight is 165 g/mol. The molecule has 0 saturated carbocycles. The molecule has 0 aliphatic heterocycles. The Bertz CT molecular complexity index is 166. The van der Waals surface area contributed by atoms with E-state index in [-0.39, 0.29) is 0 Å². The lowest BCUT2D eigenvalue weighted by Crippen LogP contribution is -1.82. The van der Waals surface area contributed by atoms with Crippen LogP contribution < -0.4 is 0 Å². The number of nitrogens with zero attached hydrogens (tertiary/aromatic N) is 1. The highest BCUT2D eigenvalue weighted by Crippen LogP contribution is 2.06. The Hall–Kier alpha value is -0.850. The molecule has 0 heterocycles. The Morgan fingerprint density at radius 1 is 1.50 bits per heavy atom. The van der Waals surface area contributed by atoms with E-state index in [1.807, 2.05) is 19.2 Å². The van der Waals surface area contributed by atoms with Crippen molar-refractivity contribution in [3.8, 4) is 0 Å². The van der Waals surface area contributed by atoms with Gasteiger partial charge in [-0.1, -0.05) is 31.6 Å². The first-order valence-corrected chi connectivity index (χ1v) is 4.60. The third-order valence-corrected chi connectivity index (χ3v) is 1.60. The van der Waals surface area contributed by atoms with Crippen molar-refractivity contribution in [2.45, 2.75) is 39.5 Å². The first-order valence-electron chi connectivity index (χ1n) is 4.60. The maximum Gasteiger partial charge on any atom is 0.0221 e. The van der Waals surface area contributed by atoms with Gasteiger partial charge in [-0.2, -0.15) is 0 Å². The molecule has 0 N–H and O–H groups in total. The molecule has 0 aromatic rings. The minimum Gasteiger partial charge on any atom is -0.269 e. The average Bonchev–Trinajstić information content (AvgIpc) is 2.09. The molecule has 0 aliphatic carbocycles. The zero-order chi connectivity index (χ0) is 9.23. The summed E-state index contributed by atoms with van der Waals surface area (Å²) in [6, 6.07) is 0. The molecule has 0 fully saturated rings. The molecular formula is C11H19N. The van der Waals surface area contributed by atoms with Gasteiger partial charge in [0.2, 0.25) is 0 Å². The topological polar surface area (TPSA) is 12.4 Å². The first-order chi connectivity index (χ1) is 5.81. The lowest BCUT2D eigenvalue weighted by Gasteiger charge is -1.98. The van der Waals surface area contributed by atoms with Crippen molar-refractivity contribution in [3.63, 3.8) is 0 Å². The number of rotatable bonds is 6. The predicted molar refractivity (Wildman–Crippen MR) is 56.6 cm³/mol. The minimum atomic E-state index is 0.921. The Labute approximate surface area is 75.9 Å². The molecular weight excluding hydrogens is 146 g/mol. The van der Waals surface area contributed by atoms with Crippen LogP contribution >= 0.6 is 0 Å². The van der Waals surface area contributed by atoms with Crippen LogP contribution in [0.5, 0.6) is 0 Å². The number of hydrogen-bond acceptors (Lipinski definition) is 1. The summed E-state index contributed by atoms with van der Waals surface area (Å²) >= 11 is 0. The third kappa shape index (κ3) is 7.26. The standard InChI is InChI=1S/C11H19N/c1-4-6-7-11(3)8-10-12-9-5-2/h5,9-10H,3-4,6-8H2,1-2H3/b9-5-,12-10?. The Kier molecular flexibility index (Phi) is 7.66. The normalized spacial score (nSPS) is 11.5. The molecule has 0 atom stereocenters. The highest BCUT2D eigenvalue weighted by Gasteiger charge is 1.89. The second-order valence-corrected chi connectivity index (χ2v) is 2.87. The summed E-state index contributed by atoms with van der Waals surface area (Å²) < 4.78 is 0. The first kappa shape index (κ1) is 11.2. The van der Waals surface area contributed by atoms with Crippen molar-refractivity contribution in [2.24, 2.45) is 4.99 Å². The fraction of sp³-hybridized carbons (Fsp3) is 0.545. The van der Waals surface area contributed by atoms with Crippen molar-refractivity contribution in [2.75, 3.05) is 0 Å². The van der Waals surface area contributed by atoms with Gasteiger partial charge < -0.3 is 0 Å². The minimum absolute atomic E-state index is 0.921. The van der Waals surface area contributed by atoms with E-state index in [9.17, 15) is 0 Å². The van der Waals surface area contributed by atoms with Crippen molar-refractivity contribution < 1.29 is 0 Å². The van der Waals surface area contributed by atoms with E-state index in [1.54, 1.807) is 6.20 Å². The molecule has 1 heteroatoms. The number of unbranched alkanes of at least 4 members (excludes halogenated alkanes) is 1. The summed E-state index contributed by atoms with van der Waals surface area (Å²) in [4.78, 5) is 4.07. The van der Waals surface area contributed by atoms with Gasteiger partial charge in [-0.05, 0) is 19.8 Å². The van der Waals surface area contributed by atoms with Gasteiger partial charge in [0.05, 0.1) is 0 Å². The lowest BCUT2D eigenvalue weighted by molar-refractivity contribution is 0.783. The highest BCUT2D eigenvalue weighted by molar-refractivity contribution is 5.61. The number of aliphatic imine (C=N–C) groups is 1. The quantitative estimate of drug-likeness (QED) is 0.420. The van der Waals surface area contributed by atoms with Gasteiger partial charge in [0.1, 0.15) is 0 Å². The molecule has 0 unspecified atom stereocenters. The molecule has 0 spiro atoms. The molecule has 0 aromatic heterocycles. The van der Waals surface area contributed by atoms with E-state index >= 15 is 0 Å². The second-order valence-electron chi connectivity index (χ2n) is 2.87. The van der Waals surface area contributed by atoms with Crippen LogP contribution in [0.3, 0.4) is 0 Å². The zero-order valence-electron chi connectivity index (χ0n) is 8.21. The van der Waals surface area contributed by atoms with Crippen LogP contribution in [0.25, 0.3) is 0 Å². The molecule has 0 rings (SSSR count). The van der Waals surface area contributed by atoms with E-state index in [4.69, 9.17) is 0 Å². The summed E-state index contributed by atoms with van der Waals surface area (Å²) in [6.07, 6.45) is 10.2. The summed E-state index contributed by atoms with van der Waals surface area (Å²) in [7, 11) is 0. The number of hydrogen-bond donors (Lipinski definition) is 0. The Morgan fingerprint density at radius 2 is 2.25 bits per heavy atom. The van der Waals surface area contributed by atoms with Gasteiger partial charge in [-0.15, -0.1) is 0 Å². The van der Waals surface area contributed by atoms with Gasteiger partial charge >= 0.3 is 0 Å². The molecule has 1 nitrogen and oxygen atoms in total. The van der Waals surface area contributed by atoms with Gasteiger partial charge in [0.25, 0.3) is 0 Å². The van der Waals surface area contributed by atoms with Crippen molar-refractivity contribution in [1.82, 2.24) is 0 Å². The molecule has 68 valence electrons. The molecule has 0 saturated heterocycles. The van der Waals surface area contributed by atoms with Gasteiger partial charge in [0.15, 0.2) is 0 Å². The van der Waals surface area contributed by atoms with Gasteiger partial charge in [0, 0.05) is 18.8 Å². The van der Waals surface area contributed by atoms with Crippen LogP contribution in [0.2, 0.25) is 0 Å². The third-order valence-electron chi connectivity index (χ3n) is 1.60. The van der Waals surface area contributed by atoms with E-state index in [0.717, 1.165) is 12.8 Å². The van der Waals surface area contributed by atoms with Crippen LogP contribution in [-0.4, -0.2) is 6.21 Å². The van der Waals surface area contributed by atoms with E-state index in [0.29, 0.717) is 0 Å². The second kappa shape index (κ2) is 8.25. The summed E-state index contributed by atoms with van der Waals surface area (Å²) in [6.45, 7) is 8.13. The van der Waals surface area contributed by atoms with Crippen LogP contribution in [0, 0.1) is 0 Å². The Morgan fingerprint density at radius 3 is 2.83 bits per heavy atom. The summed E-state index contributed by atoms with van der Waals surface area (Å²) in [5, 5.41) is 0. The van der Waals surface area contributed by atoms with Gasteiger partial charge in [-0.3, -0.25) is 4.99 Å². The molecule has 0 aliphatic rings. The number of allylic oxidation sites excluding steroid dienone is 2. The monoisotopic (exact) mass is 165 g/mol. The van der Waals surface area contributed by atoms with Crippen molar-refractivity contribution in [1.29, 1.82) is 0 Å². The SMILES string of the molecule is C=C(CC=N/C=C\C)CCCC. The van der Waals surface area contributed by atoms with Crippen LogP contribution in [-0.2, 0) is 0 Å². The smallest absolute Gasteiger partial charge is 0.0221 e. The van der Waals surface area contributed by atoms with Gasteiger partial charge in [-0.25, -0.2) is 0 Å². The van der Waals surface area contributed by atoms with E-state index in [2.05, 4.69) is 18.5 Å². The fourth-order valence-electron chi connectivity index (χ4n) is 0.858. The molecule has 0 amide bonds. The van der Waals surface area contributed by atoms with Crippen LogP contribution in [0.1, 0.15) is 39.5 Å². The molecule has 0 radical (unpaired) electrons. The maximum atomic E-state index is 4.07. The van der Waals surface area contributed by atoms with Crippen LogP contribution in [0.4, 0.5) is 0 Å².